The van der Waals surface area contributed by atoms with Crippen molar-refractivity contribution in [1.82, 2.24) is 10.6 Å². The Balaban J connectivity index is 2.52. The topological polar surface area (TPSA) is 71.3 Å². The highest BCUT2D eigenvalue weighted by molar-refractivity contribution is 5.87. The predicted molar refractivity (Wildman–Crippen MR) is 76.8 cm³/mol. The summed E-state index contributed by atoms with van der Waals surface area (Å²) in [4.78, 5) is 23.9. The summed E-state index contributed by atoms with van der Waals surface area (Å²) in [6.07, 6.45) is 1.99. The van der Waals surface area contributed by atoms with Gasteiger partial charge in [-0.05, 0) is 24.0 Å². The lowest BCUT2D eigenvalue weighted by Crippen LogP contribution is -2.49. The minimum Gasteiger partial charge on any atom is -0.467 e. The molecule has 0 aliphatic carbocycles. The van der Waals surface area contributed by atoms with Gasteiger partial charge in [0.05, 0.1) is 12.8 Å². The lowest BCUT2D eigenvalue weighted by molar-refractivity contribution is -0.130. The quantitative estimate of drug-likeness (QED) is 0.803. The molecule has 1 heterocycles. The molecule has 2 amide bonds. The van der Waals surface area contributed by atoms with E-state index in [0.29, 0.717) is 18.7 Å². The van der Waals surface area contributed by atoms with Crippen molar-refractivity contribution in [1.29, 1.82) is 0 Å². The van der Waals surface area contributed by atoms with Crippen LogP contribution in [-0.2, 0) is 16.1 Å². The van der Waals surface area contributed by atoms with Crippen molar-refractivity contribution in [3.63, 3.8) is 0 Å². The van der Waals surface area contributed by atoms with Crippen LogP contribution in [0.4, 0.5) is 0 Å². The van der Waals surface area contributed by atoms with Crippen LogP contribution < -0.4 is 10.6 Å². The third kappa shape index (κ3) is 5.47. The molecule has 1 rings (SSSR count). The van der Waals surface area contributed by atoms with Crippen LogP contribution in [0.2, 0.25) is 0 Å². The highest BCUT2D eigenvalue weighted by atomic mass is 16.3. The standard InChI is InChI=1S/C15H24N2O3/c1-10(2)8-13(18)17-14(11(3)4)15(19)16-9-12-6-5-7-20-12/h5-7,10-11,14H,8-9H2,1-4H3,(H,16,19)(H,17,18)/t14-/m0/s1. The maximum atomic E-state index is 12.1. The average molecular weight is 280 g/mol. The molecule has 2 N–H and O–H groups in total. The van der Waals surface area contributed by atoms with E-state index in [-0.39, 0.29) is 23.7 Å². The van der Waals surface area contributed by atoms with Gasteiger partial charge in [0.15, 0.2) is 0 Å². The normalized spacial score (nSPS) is 12.5. The molecular formula is C15H24N2O3. The van der Waals surface area contributed by atoms with E-state index in [1.807, 2.05) is 27.7 Å². The summed E-state index contributed by atoms with van der Waals surface area (Å²) in [5.74, 6) is 0.714. The third-order valence-corrected chi connectivity index (χ3v) is 2.88. The first-order valence-electron chi connectivity index (χ1n) is 6.99. The van der Waals surface area contributed by atoms with E-state index in [9.17, 15) is 9.59 Å². The summed E-state index contributed by atoms with van der Waals surface area (Å²) >= 11 is 0. The Hall–Kier alpha value is -1.78. The van der Waals surface area contributed by atoms with Gasteiger partial charge < -0.3 is 15.1 Å². The second-order valence-electron chi connectivity index (χ2n) is 5.68. The molecule has 0 unspecified atom stereocenters. The maximum absolute atomic E-state index is 12.1. The average Bonchev–Trinajstić information content (AvgIpc) is 2.84. The minimum atomic E-state index is -0.517. The molecule has 1 aromatic heterocycles. The van der Waals surface area contributed by atoms with E-state index in [2.05, 4.69) is 10.6 Å². The van der Waals surface area contributed by atoms with E-state index < -0.39 is 6.04 Å². The zero-order valence-electron chi connectivity index (χ0n) is 12.6. The van der Waals surface area contributed by atoms with Gasteiger partial charge in [0, 0.05) is 6.42 Å². The number of rotatable bonds is 7. The number of amides is 2. The van der Waals surface area contributed by atoms with Crippen LogP contribution in [0, 0.1) is 11.8 Å². The summed E-state index contributed by atoms with van der Waals surface area (Å²) in [5, 5.41) is 5.57. The lowest BCUT2D eigenvalue weighted by atomic mass is 10.0. The fourth-order valence-electron chi connectivity index (χ4n) is 1.84. The van der Waals surface area contributed by atoms with Crippen LogP contribution in [0.15, 0.2) is 22.8 Å². The van der Waals surface area contributed by atoms with Crippen molar-refractivity contribution in [2.75, 3.05) is 0 Å². The third-order valence-electron chi connectivity index (χ3n) is 2.88. The maximum Gasteiger partial charge on any atom is 0.243 e. The van der Waals surface area contributed by atoms with E-state index in [1.165, 1.54) is 0 Å². The zero-order valence-corrected chi connectivity index (χ0v) is 12.6. The van der Waals surface area contributed by atoms with Crippen LogP contribution in [0.25, 0.3) is 0 Å². The first-order chi connectivity index (χ1) is 9.40. The minimum absolute atomic E-state index is 0.0303. The van der Waals surface area contributed by atoms with Crippen LogP contribution in [0.5, 0.6) is 0 Å². The molecule has 0 radical (unpaired) electrons. The predicted octanol–water partition coefficient (Wildman–Crippen LogP) is 2.08. The second-order valence-corrected chi connectivity index (χ2v) is 5.68. The summed E-state index contributed by atoms with van der Waals surface area (Å²) in [6.45, 7) is 8.09. The molecule has 0 bridgehead atoms. The summed E-state index contributed by atoms with van der Waals surface area (Å²) in [7, 11) is 0. The van der Waals surface area contributed by atoms with Gasteiger partial charge in [-0.2, -0.15) is 0 Å². The molecule has 0 saturated carbocycles. The monoisotopic (exact) mass is 280 g/mol. The molecule has 0 spiro atoms. The first kappa shape index (κ1) is 16.3. The Morgan fingerprint density at radius 3 is 2.45 bits per heavy atom. The number of furan rings is 1. The summed E-state index contributed by atoms with van der Waals surface area (Å²) in [6, 6.07) is 3.05. The van der Waals surface area contributed by atoms with E-state index >= 15 is 0 Å². The lowest BCUT2D eigenvalue weighted by Gasteiger charge is -2.22. The van der Waals surface area contributed by atoms with Crippen molar-refractivity contribution < 1.29 is 14.0 Å². The Morgan fingerprint density at radius 2 is 1.95 bits per heavy atom. The largest absolute Gasteiger partial charge is 0.467 e. The molecule has 20 heavy (non-hydrogen) atoms. The van der Waals surface area contributed by atoms with Crippen LogP contribution in [-0.4, -0.2) is 17.9 Å². The van der Waals surface area contributed by atoms with E-state index in [0.717, 1.165) is 0 Å². The van der Waals surface area contributed by atoms with Gasteiger partial charge >= 0.3 is 0 Å². The SMILES string of the molecule is CC(C)CC(=O)N[C@H](C(=O)NCc1ccco1)C(C)C. The highest BCUT2D eigenvalue weighted by Gasteiger charge is 2.24. The van der Waals surface area contributed by atoms with Crippen molar-refractivity contribution in [3.8, 4) is 0 Å². The Bertz CT molecular complexity index is 424. The van der Waals surface area contributed by atoms with Gasteiger partial charge in [0.2, 0.25) is 11.8 Å². The number of nitrogens with one attached hydrogen (secondary N) is 2. The fraction of sp³-hybridized carbons (Fsp3) is 0.600. The fourth-order valence-corrected chi connectivity index (χ4v) is 1.84. The van der Waals surface area contributed by atoms with E-state index in [4.69, 9.17) is 4.42 Å². The smallest absolute Gasteiger partial charge is 0.243 e. The molecule has 0 aliphatic heterocycles. The molecule has 0 aromatic carbocycles. The van der Waals surface area contributed by atoms with Crippen molar-refractivity contribution in [2.45, 2.75) is 46.7 Å². The van der Waals surface area contributed by atoms with Crippen molar-refractivity contribution >= 4 is 11.8 Å². The van der Waals surface area contributed by atoms with Crippen molar-refractivity contribution in [2.24, 2.45) is 11.8 Å². The molecule has 112 valence electrons. The molecular weight excluding hydrogens is 256 g/mol. The summed E-state index contributed by atoms with van der Waals surface area (Å²) < 4.78 is 5.16. The first-order valence-corrected chi connectivity index (χ1v) is 6.99. The Labute approximate surface area is 120 Å². The number of hydrogen-bond acceptors (Lipinski definition) is 3. The van der Waals surface area contributed by atoms with Gasteiger partial charge in [-0.25, -0.2) is 0 Å². The molecule has 1 atom stereocenters. The Kier molecular flexibility index (Phi) is 6.28. The van der Waals surface area contributed by atoms with Gasteiger partial charge in [-0.15, -0.1) is 0 Å². The van der Waals surface area contributed by atoms with Gasteiger partial charge in [0.25, 0.3) is 0 Å². The molecule has 5 heteroatoms. The van der Waals surface area contributed by atoms with Crippen molar-refractivity contribution in [3.05, 3.63) is 24.2 Å². The zero-order chi connectivity index (χ0) is 15.1. The highest BCUT2D eigenvalue weighted by Crippen LogP contribution is 2.06. The molecule has 0 saturated heterocycles. The van der Waals surface area contributed by atoms with Gasteiger partial charge in [0.1, 0.15) is 11.8 Å². The number of hydrogen-bond donors (Lipinski definition) is 2. The van der Waals surface area contributed by atoms with Crippen LogP contribution in [0.1, 0.15) is 39.9 Å². The number of carbonyl (C=O) groups excluding carboxylic acids is 2. The van der Waals surface area contributed by atoms with Crippen LogP contribution >= 0.6 is 0 Å². The molecule has 0 fully saturated rings. The summed E-state index contributed by atoms with van der Waals surface area (Å²) in [5.41, 5.74) is 0. The second kappa shape index (κ2) is 7.72. The van der Waals surface area contributed by atoms with E-state index in [1.54, 1.807) is 18.4 Å². The van der Waals surface area contributed by atoms with Crippen LogP contribution in [0.3, 0.4) is 0 Å². The van der Waals surface area contributed by atoms with Gasteiger partial charge in [-0.1, -0.05) is 27.7 Å². The molecule has 5 nitrogen and oxygen atoms in total. The Morgan fingerprint density at radius 1 is 1.25 bits per heavy atom. The molecule has 1 aromatic rings. The molecule has 0 aliphatic rings. The van der Waals surface area contributed by atoms with Gasteiger partial charge in [-0.3, -0.25) is 9.59 Å². The number of carbonyl (C=O) groups is 2.